The molecule has 0 spiro atoms. The van der Waals surface area contributed by atoms with Gasteiger partial charge >= 0.3 is 17.7 Å². The lowest BCUT2D eigenvalue weighted by Gasteiger charge is -2.30. The molecule has 1 atom stereocenters. The number of carbonyl (C=O) groups is 4. The zero-order chi connectivity index (χ0) is 34.8. The molecule has 3 rings (SSSR count). The Balaban J connectivity index is 1.65. The lowest BCUT2D eigenvalue weighted by molar-refractivity contribution is -0.198. The lowest BCUT2D eigenvalue weighted by atomic mass is 9.76. The molecule has 9 nitrogen and oxygen atoms in total. The van der Waals surface area contributed by atoms with Crippen LogP contribution in [0.5, 0.6) is 5.75 Å². The van der Waals surface area contributed by atoms with Gasteiger partial charge in [0.15, 0.2) is 0 Å². The second kappa shape index (κ2) is 15.9. The first-order valence-corrected chi connectivity index (χ1v) is 16.0. The number of rotatable bonds is 16. The van der Waals surface area contributed by atoms with E-state index >= 15 is 0 Å². The maximum atomic E-state index is 13.4. The van der Waals surface area contributed by atoms with Crippen molar-refractivity contribution < 1.29 is 33.4 Å². The van der Waals surface area contributed by atoms with E-state index in [1.165, 1.54) is 29.3 Å². The van der Waals surface area contributed by atoms with E-state index < -0.39 is 23.4 Å². The third kappa shape index (κ3) is 9.29. The largest absolute Gasteiger partial charge is 0.493 e. The summed E-state index contributed by atoms with van der Waals surface area (Å²) in [6, 6.07) is 20.8. The summed E-state index contributed by atoms with van der Waals surface area (Å²) in [6.45, 7) is 14.7. The van der Waals surface area contributed by atoms with Crippen LogP contribution in [-0.2, 0) is 34.7 Å². The molecule has 0 aromatic heterocycles. The summed E-state index contributed by atoms with van der Waals surface area (Å²) in [4.78, 5) is 51.4. The Bertz CT molecular complexity index is 1570. The first-order chi connectivity index (χ1) is 22.2. The Morgan fingerprint density at radius 1 is 0.766 bits per heavy atom. The summed E-state index contributed by atoms with van der Waals surface area (Å²) >= 11 is 0. The van der Waals surface area contributed by atoms with Crippen LogP contribution >= 0.6 is 0 Å². The van der Waals surface area contributed by atoms with Crippen molar-refractivity contribution in [2.24, 2.45) is 0 Å². The third-order valence-electron chi connectivity index (χ3n) is 8.68. The minimum Gasteiger partial charge on any atom is -0.493 e. The topological polar surface area (TPSA) is 120 Å². The molecule has 2 N–H and O–H groups in total. The number of esters is 1. The van der Waals surface area contributed by atoms with E-state index in [0.717, 1.165) is 32.6 Å². The normalized spacial score (nSPS) is 12.9. The van der Waals surface area contributed by atoms with Crippen LogP contribution in [0.15, 0.2) is 72.8 Å². The number of nitrogens with one attached hydrogen (secondary N) is 2. The van der Waals surface area contributed by atoms with Gasteiger partial charge < -0.3 is 24.8 Å². The standard InChI is InChI=1S/C38H48N2O7/c1-9-36(4,5)28-21-22-32(31(24-28)37(6,7)10-2)46-23-15-20-33(42)39-29-18-14-19-30(25-29)40-35(44)38(45-8,47-26(3)41)34(43)27-16-12-11-13-17-27/h11-14,16-19,21-22,24-25H,9-10,15,20,23H2,1-8H3,(H,39,42)(H,40,44). The Morgan fingerprint density at radius 3 is 2.00 bits per heavy atom. The van der Waals surface area contributed by atoms with Crippen LogP contribution in [0.4, 0.5) is 11.4 Å². The fourth-order valence-electron chi connectivity index (χ4n) is 4.93. The number of carbonyl (C=O) groups excluding carboxylic acids is 4. The smallest absolute Gasteiger partial charge is 0.359 e. The summed E-state index contributed by atoms with van der Waals surface area (Å²) in [5, 5.41) is 5.41. The Labute approximate surface area is 278 Å². The molecule has 0 saturated carbocycles. The number of anilines is 2. The van der Waals surface area contributed by atoms with Crippen molar-refractivity contribution in [3.8, 4) is 5.75 Å². The quantitative estimate of drug-likeness (QED) is 0.0542. The number of ketones is 1. The van der Waals surface area contributed by atoms with Crippen molar-refractivity contribution in [2.45, 2.75) is 90.8 Å². The number of hydrogen-bond donors (Lipinski definition) is 2. The predicted molar refractivity (Wildman–Crippen MR) is 184 cm³/mol. The van der Waals surface area contributed by atoms with Crippen LogP contribution in [0.25, 0.3) is 0 Å². The highest BCUT2D eigenvalue weighted by molar-refractivity contribution is 6.19. The first-order valence-electron chi connectivity index (χ1n) is 16.0. The monoisotopic (exact) mass is 644 g/mol. The summed E-state index contributed by atoms with van der Waals surface area (Å²) in [5.74, 6) is -4.66. The zero-order valence-corrected chi connectivity index (χ0v) is 28.8. The van der Waals surface area contributed by atoms with Gasteiger partial charge in [-0.15, -0.1) is 0 Å². The van der Waals surface area contributed by atoms with E-state index in [2.05, 4.69) is 64.3 Å². The average Bonchev–Trinajstić information content (AvgIpc) is 3.05. The van der Waals surface area contributed by atoms with Crippen LogP contribution in [-0.4, -0.2) is 43.1 Å². The molecule has 2 amide bonds. The van der Waals surface area contributed by atoms with Crippen LogP contribution in [0.2, 0.25) is 0 Å². The molecule has 0 aliphatic heterocycles. The van der Waals surface area contributed by atoms with Crippen molar-refractivity contribution in [1.29, 1.82) is 0 Å². The molecule has 47 heavy (non-hydrogen) atoms. The molecule has 252 valence electrons. The maximum Gasteiger partial charge on any atom is 0.359 e. The van der Waals surface area contributed by atoms with Crippen LogP contribution in [0.1, 0.15) is 95.6 Å². The molecule has 0 radical (unpaired) electrons. The second-order valence-corrected chi connectivity index (χ2v) is 12.8. The molecule has 1 unspecified atom stereocenters. The third-order valence-corrected chi connectivity index (χ3v) is 8.68. The fraction of sp³-hybridized carbons (Fsp3) is 0.421. The average molecular weight is 645 g/mol. The Morgan fingerprint density at radius 2 is 1.40 bits per heavy atom. The van der Waals surface area contributed by atoms with Crippen molar-refractivity contribution in [2.75, 3.05) is 24.4 Å². The number of benzene rings is 3. The number of ether oxygens (including phenoxy) is 3. The Kier molecular flexibility index (Phi) is 12.5. The van der Waals surface area contributed by atoms with E-state index in [0.29, 0.717) is 18.7 Å². The highest BCUT2D eigenvalue weighted by atomic mass is 16.7. The van der Waals surface area contributed by atoms with Crippen LogP contribution < -0.4 is 15.4 Å². The fourth-order valence-corrected chi connectivity index (χ4v) is 4.93. The molecule has 0 aliphatic carbocycles. The number of hydrogen-bond acceptors (Lipinski definition) is 7. The molecule has 3 aromatic rings. The van der Waals surface area contributed by atoms with E-state index in [4.69, 9.17) is 14.2 Å². The molecule has 3 aromatic carbocycles. The molecule has 0 heterocycles. The highest BCUT2D eigenvalue weighted by Crippen LogP contribution is 2.38. The number of amides is 2. The molecule has 0 saturated heterocycles. The second-order valence-electron chi connectivity index (χ2n) is 12.8. The minimum atomic E-state index is -2.55. The Hall–Kier alpha value is -4.50. The van der Waals surface area contributed by atoms with E-state index in [9.17, 15) is 19.2 Å². The van der Waals surface area contributed by atoms with Crippen molar-refractivity contribution >= 4 is 34.9 Å². The van der Waals surface area contributed by atoms with Gasteiger partial charge in [-0.2, -0.15) is 0 Å². The van der Waals surface area contributed by atoms with Gasteiger partial charge in [0.1, 0.15) is 5.75 Å². The SMILES string of the molecule is CCC(C)(C)c1ccc(OCCCC(=O)Nc2cccc(NC(=O)C(OC)(OC(C)=O)C(=O)c3ccccc3)c2)c(C(C)(C)CC)c1. The summed E-state index contributed by atoms with van der Waals surface area (Å²) in [5.41, 5.74) is 3.25. The van der Waals surface area contributed by atoms with Gasteiger partial charge in [0.25, 0.3) is 0 Å². The van der Waals surface area contributed by atoms with Crippen molar-refractivity contribution in [3.63, 3.8) is 0 Å². The lowest BCUT2D eigenvalue weighted by Crippen LogP contribution is -2.54. The van der Waals surface area contributed by atoms with Gasteiger partial charge in [0.05, 0.1) is 6.61 Å². The van der Waals surface area contributed by atoms with Crippen molar-refractivity contribution in [1.82, 2.24) is 0 Å². The predicted octanol–water partition coefficient (Wildman–Crippen LogP) is 7.59. The summed E-state index contributed by atoms with van der Waals surface area (Å²) < 4.78 is 16.6. The van der Waals surface area contributed by atoms with Gasteiger partial charge in [-0.25, -0.2) is 0 Å². The molecular formula is C38H48N2O7. The van der Waals surface area contributed by atoms with E-state index in [-0.39, 0.29) is 34.4 Å². The van der Waals surface area contributed by atoms with Gasteiger partial charge in [0.2, 0.25) is 11.7 Å². The van der Waals surface area contributed by atoms with E-state index in [1.807, 2.05) is 6.07 Å². The van der Waals surface area contributed by atoms with Crippen molar-refractivity contribution in [3.05, 3.63) is 89.5 Å². The molecule has 0 fully saturated rings. The number of methoxy groups -OCH3 is 1. The maximum absolute atomic E-state index is 13.4. The summed E-state index contributed by atoms with van der Waals surface area (Å²) in [7, 11) is 1.11. The first kappa shape index (κ1) is 37.0. The van der Waals surface area contributed by atoms with Gasteiger partial charge in [-0.05, 0) is 59.9 Å². The summed E-state index contributed by atoms with van der Waals surface area (Å²) in [6.07, 6.45) is 2.70. The van der Waals surface area contributed by atoms with Crippen LogP contribution in [0, 0.1) is 0 Å². The van der Waals surface area contributed by atoms with Gasteiger partial charge in [-0.1, -0.05) is 90.1 Å². The zero-order valence-electron chi connectivity index (χ0n) is 28.8. The van der Waals surface area contributed by atoms with Crippen LogP contribution in [0.3, 0.4) is 0 Å². The highest BCUT2D eigenvalue weighted by Gasteiger charge is 2.51. The van der Waals surface area contributed by atoms with E-state index in [1.54, 1.807) is 36.4 Å². The number of Topliss-reactive ketones (excluding diaryl/α,β-unsaturated/α-hetero) is 1. The molecule has 0 aliphatic rings. The van der Waals surface area contributed by atoms with Gasteiger partial charge in [0, 0.05) is 43.0 Å². The molecule has 0 bridgehead atoms. The van der Waals surface area contributed by atoms with Gasteiger partial charge in [-0.3, -0.25) is 19.2 Å². The minimum absolute atomic E-state index is 0.0596. The molecular weight excluding hydrogens is 596 g/mol. The molecule has 9 heteroatoms.